The summed E-state index contributed by atoms with van der Waals surface area (Å²) in [6.45, 7) is 4.45. The van der Waals surface area contributed by atoms with Crippen LogP contribution in [0.25, 0.3) is 0 Å². The van der Waals surface area contributed by atoms with E-state index in [4.69, 9.17) is 0 Å². The van der Waals surface area contributed by atoms with Gasteiger partial charge in [-0.2, -0.15) is 0 Å². The SMILES string of the molecule is CCC1C[C@@H]1c1nc(I)n(C)c1C. The Bertz CT molecular complexity index is 330. The van der Waals surface area contributed by atoms with Gasteiger partial charge in [-0.3, -0.25) is 0 Å². The topological polar surface area (TPSA) is 17.8 Å². The van der Waals surface area contributed by atoms with Crippen molar-refractivity contribution < 1.29 is 0 Å². The third kappa shape index (κ3) is 1.51. The zero-order valence-corrected chi connectivity index (χ0v) is 10.5. The Balaban J connectivity index is 2.27. The van der Waals surface area contributed by atoms with Gasteiger partial charge in [0.2, 0.25) is 0 Å². The molecule has 1 aromatic heterocycles. The first-order valence-corrected chi connectivity index (χ1v) is 5.91. The number of imidazole rings is 1. The second-order valence-electron chi connectivity index (χ2n) is 3.92. The van der Waals surface area contributed by atoms with E-state index in [0.29, 0.717) is 0 Å². The summed E-state index contributed by atoms with van der Waals surface area (Å²) in [5.74, 6) is 1.67. The molecule has 0 amide bonds. The van der Waals surface area contributed by atoms with Crippen molar-refractivity contribution >= 4 is 22.6 Å². The number of hydrogen-bond acceptors (Lipinski definition) is 1. The van der Waals surface area contributed by atoms with E-state index in [0.717, 1.165) is 15.7 Å². The van der Waals surface area contributed by atoms with E-state index >= 15 is 0 Å². The lowest BCUT2D eigenvalue weighted by Gasteiger charge is -1.97. The van der Waals surface area contributed by atoms with Gasteiger partial charge in [-0.15, -0.1) is 0 Å². The van der Waals surface area contributed by atoms with E-state index in [2.05, 4.69) is 53.0 Å². The summed E-state index contributed by atoms with van der Waals surface area (Å²) in [4.78, 5) is 4.62. The molecular weight excluding hydrogens is 275 g/mol. The van der Waals surface area contributed by atoms with E-state index in [1.807, 2.05) is 0 Å². The van der Waals surface area contributed by atoms with Gasteiger partial charge in [-0.1, -0.05) is 13.3 Å². The lowest BCUT2D eigenvalue weighted by molar-refractivity contribution is 0.754. The zero-order chi connectivity index (χ0) is 9.59. The minimum atomic E-state index is 0.764. The van der Waals surface area contributed by atoms with Crippen LogP contribution in [0.15, 0.2) is 0 Å². The van der Waals surface area contributed by atoms with Crippen LogP contribution >= 0.6 is 22.6 Å². The molecule has 1 aliphatic rings. The number of hydrogen-bond donors (Lipinski definition) is 0. The number of aromatic nitrogens is 2. The molecule has 1 aromatic rings. The summed E-state index contributed by atoms with van der Waals surface area (Å²) in [7, 11) is 2.09. The van der Waals surface area contributed by atoms with Crippen LogP contribution in [0, 0.1) is 16.7 Å². The second-order valence-corrected chi connectivity index (χ2v) is 4.89. The Morgan fingerprint density at radius 2 is 2.31 bits per heavy atom. The molecule has 2 rings (SSSR count). The van der Waals surface area contributed by atoms with Crippen LogP contribution in [0.2, 0.25) is 0 Å². The second kappa shape index (κ2) is 3.26. The van der Waals surface area contributed by atoms with Gasteiger partial charge in [0.15, 0.2) is 3.83 Å². The molecule has 0 aliphatic heterocycles. The molecule has 0 aromatic carbocycles. The molecule has 1 unspecified atom stereocenters. The van der Waals surface area contributed by atoms with Crippen LogP contribution in [-0.4, -0.2) is 9.55 Å². The third-order valence-electron chi connectivity index (χ3n) is 3.16. The number of halogens is 1. The molecule has 13 heavy (non-hydrogen) atoms. The van der Waals surface area contributed by atoms with Gasteiger partial charge in [-0.05, 0) is 41.9 Å². The van der Waals surface area contributed by atoms with Crippen LogP contribution < -0.4 is 0 Å². The number of rotatable bonds is 2. The van der Waals surface area contributed by atoms with Gasteiger partial charge in [0, 0.05) is 18.7 Å². The Morgan fingerprint density at radius 3 is 2.69 bits per heavy atom. The van der Waals surface area contributed by atoms with Crippen molar-refractivity contribution in [2.45, 2.75) is 32.6 Å². The molecule has 72 valence electrons. The third-order valence-corrected chi connectivity index (χ3v) is 4.13. The maximum absolute atomic E-state index is 4.62. The lowest BCUT2D eigenvalue weighted by Crippen LogP contribution is -1.94. The van der Waals surface area contributed by atoms with Gasteiger partial charge in [-0.25, -0.2) is 4.98 Å². The van der Waals surface area contributed by atoms with E-state index < -0.39 is 0 Å². The predicted molar refractivity (Wildman–Crippen MR) is 61.8 cm³/mol. The molecule has 2 nitrogen and oxygen atoms in total. The van der Waals surface area contributed by atoms with Gasteiger partial charge >= 0.3 is 0 Å². The van der Waals surface area contributed by atoms with E-state index in [-0.39, 0.29) is 0 Å². The molecule has 1 fully saturated rings. The van der Waals surface area contributed by atoms with Crippen molar-refractivity contribution in [3.05, 3.63) is 15.2 Å². The Kier molecular flexibility index (Phi) is 2.38. The molecule has 1 aliphatic carbocycles. The molecular formula is C10H15IN2. The van der Waals surface area contributed by atoms with E-state index in [1.165, 1.54) is 24.2 Å². The molecule has 0 N–H and O–H groups in total. The van der Waals surface area contributed by atoms with Crippen LogP contribution in [0.1, 0.15) is 37.1 Å². The molecule has 0 radical (unpaired) electrons. The van der Waals surface area contributed by atoms with Crippen LogP contribution in [0.3, 0.4) is 0 Å². The normalized spacial score (nSPS) is 26.5. The highest BCUT2D eigenvalue weighted by atomic mass is 127. The van der Waals surface area contributed by atoms with Crippen molar-refractivity contribution in [2.75, 3.05) is 0 Å². The molecule has 1 heterocycles. The number of nitrogens with zero attached hydrogens (tertiary/aromatic N) is 2. The molecule has 3 heteroatoms. The summed E-state index contributed by atoms with van der Waals surface area (Å²) < 4.78 is 3.30. The maximum atomic E-state index is 4.62. The first kappa shape index (κ1) is 9.49. The zero-order valence-electron chi connectivity index (χ0n) is 8.34. The largest absolute Gasteiger partial charge is 0.327 e. The highest BCUT2D eigenvalue weighted by molar-refractivity contribution is 14.1. The summed E-state index contributed by atoms with van der Waals surface area (Å²) in [5.41, 5.74) is 2.70. The van der Waals surface area contributed by atoms with Gasteiger partial charge in [0.25, 0.3) is 0 Å². The van der Waals surface area contributed by atoms with Crippen LogP contribution in [0.4, 0.5) is 0 Å². The van der Waals surface area contributed by atoms with Crippen molar-refractivity contribution in [1.82, 2.24) is 9.55 Å². The average molecular weight is 290 g/mol. The maximum Gasteiger partial charge on any atom is 0.171 e. The standard InChI is InChI=1S/C10H15IN2/c1-4-7-5-8(7)9-6(2)13(3)10(11)12-9/h7-8H,4-5H2,1-3H3/t7?,8-/m0/s1. The van der Waals surface area contributed by atoms with Gasteiger partial charge < -0.3 is 4.57 Å². The smallest absolute Gasteiger partial charge is 0.171 e. The quantitative estimate of drug-likeness (QED) is 0.766. The highest BCUT2D eigenvalue weighted by Gasteiger charge is 2.39. The van der Waals surface area contributed by atoms with Crippen molar-refractivity contribution in [3.8, 4) is 0 Å². The molecule has 0 bridgehead atoms. The summed E-state index contributed by atoms with van der Waals surface area (Å²) in [6.07, 6.45) is 2.65. The molecule has 0 saturated heterocycles. The minimum Gasteiger partial charge on any atom is -0.327 e. The van der Waals surface area contributed by atoms with Gasteiger partial charge in [0.1, 0.15) is 0 Å². The fourth-order valence-electron chi connectivity index (χ4n) is 1.95. The Labute approximate surface area is 92.9 Å². The minimum absolute atomic E-state index is 0.764. The van der Waals surface area contributed by atoms with E-state index in [1.54, 1.807) is 0 Å². The molecule has 1 saturated carbocycles. The predicted octanol–water partition coefficient (Wildman–Crippen LogP) is 2.85. The van der Waals surface area contributed by atoms with Crippen molar-refractivity contribution in [1.29, 1.82) is 0 Å². The van der Waals surface area contributed by atoms with Gasteiger partial charge in [0.05, 0.1) is 5.69 Å². The average Bonchev–Trinajstić information content (AvgIpc) is 2.85. The van der Waals surface area contributed by atoms with Crippen molar-refractivity contribution in [2.24, 2.45) is 13.0 Å². The summed E-state index contributed by atoms with van der Waals surface area (Å²) >= 11 is 2.30. The monoisotopic (exact) mass is 290 g/mol. The van der Waals surface area contributed by atoms with E-state index in [9.17, 15) is 0 Å². The summed E-state index contributed by atoms with van der Waals surface area (Å²) in [6, 6.07) is 0. The summed E-state index contributed by atoms with van der Waals surface area (Å²) in [5, 5.41) is 0. The van der Waals surface area contributed by atoms with Crippen molar-refractivity contribution in [3.63, 3.8) is 0 Å². The fourth-order valence-corrected chi connectivity index (χ4v) is 2.57. The first-order chi connectivity index (χ1) is 6.15. The van der Waals surface area contributed by atoms with Crippen LogP contribution in [0.5, 0.6) is 0 Å². The lowest BCUT2D eigenvalue weighted by atomic mass is 10.2. The Morgan fingerprint density at radius 1 is 1.62 bits per heavy atom. The Hall–Kier alpha value is -0.0600. The fraction of sp³-hybridized carbons (Fsp3) is 0.700. The first-order valence-electron chi connectivity index (χ1n) is 4.83. The highest BCUT2D eigenvalue weighted by Crippen LogP contribution is 2.49. The molecule has 2 atom stereocenters. The molecule has 0 spiro atoms. The van der Waals surface area contributed by atoms with Crippen LogP contribution in [-0.2, 0) is 7.05 Å².